The number of hydrogen-bond acceptors (Lipinski definition) is 5. The minimum atomic E-state index is -0.383. The fourth-order valence-electron chi connectivity index (χ4n) is 3.26. The summed E-state index contributed by atoms with van der Waals surface area (Å²) >= 11 is 0. The maximum absolute atomic E-state index is 12.4. The van der Waals surface area contributed by atoms with Gasteiger partial charge in [-0.25, -0.2) is 9.48 Å². The molecule has 130 valence electrons. The molecule has 1 aromatic heterocycles. The number of carbonyl (C=O) groups excluding carboxylic acids is 1. The molecule has 1 atom stereocenters. The number of methoxy groups -OCH3 is 1. The van der Waals surface area contributed by atoms with Gasteiger partial charge in [-0.15, -0.1) is 0 Å². The van der Waals surface area contributed by atoms with E-state index in [1.54, 1.807) is 4.68 Å². The first-order valence-electron chi connectivity index (χ1n) is 8.30. The van der Waals surface area contributed by atoms with Crippen LogP contribution in [0.5, 0.6) is 0 Å². The molecule has 26 heavy (non-hydrogen) atoms. The Morgan fingerprint density at radius 1 is 1.08 bits per heavy atom. The molecule has 0 amide bonds. The van der Waals surface area contributed by atoms with E-state index in [2.05, 4.69) is 27.5 Å². The summed E-state index contributed by atoms with van der Waals surface area (Å²) in [6.45, 7) is 1.84. The lowest BCUT2D eigenvalue weighted by atomic mass is 9.94. The second-order valence-corrected chi connectivity index (χ2v) is 6.07. The van der Waals surface area contributed by atoms with Gasteiger partial charge in [0.25, 0.3) is 0 Å². The van der Waals surface area contributed by atoms with Crippen molar-refractivity contribution in [2.24, 2.45) is 0 Å². The monoisotopic (exact) mass is 346 g/mol. The van der Waals surface area contributed by atoms with Crippen LogP contribution in [0.1, 0.15) is 18.5 Å². The van der Waals surface area contributed by atoms with Crippen molar-refractivity contribution in [1.29, 1.82) is 0 Å². The fourth-order valence-corrected chi connectivity index (χ4v) is 3.26. The first-order chi connectivity index (χ1) is 12.7. The number of rotatable bonds is 3. The number of allylic oxidation sites excluding steroid dienone is 1. The van der Waals surface area contributed by atoms with Crippen molar-refractivity contribution in [2.45, 2.75) is 13.0 Å². The molecule has 4 rings (SSSR count). The van der Waals surface area contributed by atoms with Crippen LogP contribution in [-0.4, -0.2) is 27.8 Å². The highest BCUT2D eigenvalue weighted by Crippen LogP contribution is 2.35. The van der Waals surface area contributed by atoms with Gasteiger partial charge in [-0.1, -0.05) is 54.6 Å². The Morgan fingerprint density at radius 2 is 1.77 bits per heavy atom. The summed E-state index contributed by atoms with van der Waals surface area (Å²) in [7, 11) is 1.38. The third kappa shape index (κ3) is 2.65. The molecule has 0 spiro atoms. The minimum Gasteiger partial charge on any atom is -0.466 e. The van der Waals surface area contributed by atoms with Crippen LogP contribution in [0.2, 0.25) is 0 Å². The number of nitrogens with one attached hydrogen (secondary N) is 1. The summed E-state index contributed by atoms with van der Waals surface area (Å²) in [5.41, 5.74) is 4.44. The Morgan fingerprint density at radius 3 is 2.46 bits per heavy atom. The summed E-state index contributed by atoms with van der Waals surface area (Å²) < 4.78 is 6.70. The molecular weight excluding hydrogens is 328 g/mol. The highest BCUT2D eigenvalue weighted by Gasteiger charge is 2.33. The van der Waals surface area contributed by atoms with E-state index in [9.17, 15) is 4.79 Å². The Kier molecular flexibility index (Phi) is 4.01. The molecule has 0 unspecified atom stereocenters. The number of hydrogen-bond donors (Lipinski definition) is 1. The van der Waals surface area contributed by atoms with E-state index in [1.807, 2.05) is 49.4 Å². The van der Waals surface area contributed by atoms with Crippen molar-refractivity contribution < 1.29 is 9.53 Å². The number of ether oxygens (including phenoxy) is 1. The third-order valence-electron chi connectivity index (χ3n) is 4.53. The van der Waals surface area contributed by atoms with E-state index < -0.39 is 0 Å². The van der Waals surface area contributed by atoms with Crippen LogP contribution in [0.4, 0.5) is 5.95 Å². The van der Waals surface area contributed by atoms with Crippen LogP contribution in [0, 0.1) is 0 Å². The van der Waals surface area contributed by atoms with Gasteiger partial charge in [0.1, 0.15) is 12.4 Å². The van der Waals surface area contributed by atoms with E-state index in [0.717, 1.165) is 22.4 Å². The van der Waals surface area contributed by atoms with Crippen LogP contribution in [0.15, 0.2) is 72.2 Å². The Bertz CT molecular complexity index is 975. The van der Waals surface area contributed by atoms with Gasteiger partial charge in [0.05, 0.1) is 12.7 Å². The molecule has 2 aromatic carbocycles. The van der Waals surface area contributed by atoms with E-state index >= 15 is 0 Å². The minimum absolute atomic E-state index is 0.381. The van der Waals surface area contributed by atoms with Crippen molar-refractivity contribution in [3.8, 4) is 11.1 Å². The zero-order valence-corrected chi connectivity index (χ0v) is 14.5. The molecule has 0 aliphatic carbocycles. The van der Waals surface area contributed by atoms with Crippen LogP contribution in [0.3, 0.4) is 0 Å². The van der Waals surface area contributed by atoms with Gasteiger partial charge in [-0.05, 0) is 23.6 Å². The summed E-state index contributed by atoms with van der Waals surface area (Å²) in [6.07, 6.45) is 1.47. The molecule has 0 fully saturated rings. The first-order valence-corrected chi connectivity index (χ1v) is 8.30. The lowest BCUT2D eigenvalue weighted by molar-refractivity contribution is -0.136. The van der Waals surface area contributed by atoms with Gasteiger partial charge in [-0.2, -0.15) is 10.1 Å². The van der Waals surface area contributed by atoms with Gasteiger partial charge < -0.3 is 10.1 Å². The summed E-state index contributed by atoms with van der Waals surface area (Å²) in [4.78, 5) is 16.6. The van der Waals surface area contributed by atoms with Crippen molar-refractivity contribution in [2.75, 3.05) is 12.4 Å². The standard InChI is InChI=1S/C20H18N4O2/c1-13-17(19(25)26-2)18(24-20(23-13)21-12-22-24)16-10-8-15(9-11-16)14-6-4-3-5-7-14/h3-12,18H,1-2H3,(H,21,22,23)/t18-/m0/s1. The van der Waals surface area contributed by atoms with Gasteiger partial charge in [-0.3, -0.25) is 0 Å². The lowest BCUT2D eigenvalue weighted by Gasteiger charge is -2.28. The second-order valence-electron chi connectivity index (χ2n) is 6.07. The zero-order chi connectivity index (χ0) is 18.1. The Hall–Kier alpha value is -3.41. The van der Waals surface area contributed by atoms with Crippen molar-refractivity contribution in [3.63, 3.8) is 0 Å². The molecule has 6 nitrogen and oxygen atoms in total. The van der Waals surface area contributed by atoms with Crippen molar-refractivity contribution in [3.05, 3.63) is 77.8 Å². The number of fused-ring (bicyclic) bond motifs is 1. The van der Waals surface area contributed by atoms with Crippen molar-refractivity contribution >= 4 is 11.9 Å². The molecule has 0 saturated carbocycles. The van der Waals surface area contributed by atoms with Gasteiger partial charge in [0, 0.05) is 5.70 Å². The SMILES string of the molecule is COC(=O)C1=C(C)Nc2ncnn2[C@H]1c1ccc(-c2ccccc2)cc1. The largest absolute Gasteiger partial charge is 0.466 e. The highest BCUT2D eigenvalue weighted by molar-refractivity contribution is 5.92. The molecule has 0 radical (unpaired) electrons. The van der Waals surface area contributed by atoms with Gasteiger partial charge >= 0.3 is 5.97 Å². The smallest absolute Gasteiger partial charge is 0.338 e. The van der Waals surface area contributed by atoms with Crippen LogP contribution >= 0.6 is 0 Å². The topological polar surface area (TPSA) is 69.0 Å². The third-order valence-corrected chi connectivity index (χ3v) is 4.53. The molecule has 3 aromatic rings. The van der Waals surface area contributed by atoms with E-state index in [1.165, 1.54) is 13.4 Å². The molecule has 6 heteroatoms. The maximum atomic E-state index is 12.4. The van der Waals surface area contributed by atoms with E-state index in [-0.39, 0.29) is 12.0 Å². The van der Waals surface area contributed by atoms with Crippen LogP contribution < -0.4 is 5.32 Å². The number of benzene rings is 2. The molecule has 0 saturated heterocycles. The lowest BCUT2D eigenvalue weighted by Crippen LogP contribution is -2.29. The second kappa shape index (κ2) is 6.48. The molecule has 1 N–H and O–H groups in total. The van der Waals surface area contributed by atoms with Crippen molar-refractivity contribution in [1.82, 2.24) is 14.8 Å². The normalized spacial score (nSPS) is 16.0. The number of nitrogens with zero attached hydrogens (tertiary/aromatic N) is 3. The molecule has 2 heterocycles. The number of aromatic nitrogens is 3. The quantitative estimate of drug-likeness (QED) is 0.736. The maximum Gasteiger partial charge on any atom is 0.338 e. The van der Waals surface area contributed by atoms with Gasteiger partial charge in [0.2, 0.25) is 5.95 Å². The zero-order valence-electron chi connectivity index (χ0n) is 14.5. The first kappa shape index (κ1) is 16.1. The molecule has 1 aliphatic rings. The van der Waals surface area contributed by atoms with Gasteiger partial charge in [0.15, 0.2) is 0 Å². The average Bonchev–Trinajstić information content (AvgIpc) is 3.15. The average molecular weight is 346 g/mol. The van der Waals surface area contributed by atoms with E-state index in [0.29, 0.717) is 11.5 Å². The predicted molar refractivity (Wildman–Crippen MR) is 98.4 cm³/mol. The number of esters is 1. The summed E-state index contributed by atoms with van der Waals surface area (Å²) in [5.74, 6) is 0.223. The van der Waals surface area contributed by atoms with Crippen LogP contribution in [-0.2, 0) is 9.53 Å². The number of carbonyl (C=O) groups is 1. The van der Waals surface area contributed by atoms with Crippen LogP contribution in [0.25, 0.3) is 11.1 Å². The molecule has 1 aliphatic heterocycles. The summed E-state index contributed by atoms with van der Waals surface area (Å²) in [6, 6.07) is 17.9. The molecular formula is C20H18N4O2. The predicted octanol–water partition coefficient (Wildman–Crippen LogP) is 3.41. The van der Waals surface area contributed by atoms with E-state index in [4.69, 9.17) is 4.74 Å². The summed E-state index contributed by atoms with van der Waals surface area (Å²) in [5, 5.41) is 7.41. The number of anilines is 1. The Labute approximate surface area is 151 Å². The fraction of sp³-hybridized carbons (Fsp3) is 0.150. The Balaban J connectivity index is 1.79. The highest BCUT2D eigenvalue weighted by atomic mass is 16.5. The molecule has 0 bridgehead atoms.